The Bertz CT molecular complexity index is 694. The Morgan fingerprint density at radius 3 is 2.77 bits per heavy atom. The highest BCUT2D eigenvalue weighted by Gasteiger charge is 2.39. The molecule has 1 aliphatic heterocycles. The normalized spacial score (nSPS) is 21.5. The summed E-state index contributed by atoms with van der Waals surface area (Å²) in [7, 11) is 0. The van der Waals surface area contributed by atoms with Crippen molar-refractivity contribution in [3.05, 3.63) is 34.5 Å². The molecule has 0 aromatic carbocycles. The summed E-state index contributed by atoms with van der Waals surface area (Å²) < 4.78 is 1.94. The lowest BCUT2D eigenvalue weighted by Crippen LogP contribution is -2.44. The second kappa shape index (κ2) is 9.17. The van der Waals surface area contributed by atoms with E-state index in [2.05, 4.69) is 20.7 Å². The molecule has 0 spiro atoms. The van der Waals surface area contributed by atoms with E-state index in [9.17, 15) is 4.79 Å². The molecule has 2 N–H and O–H groups in total. The molecule has 2 fully saturated rings. The number of nitrogens with one attached hydrogen (secondary N) is 2. The van der Waals surface area contributed by atoms with Crippen LogP contribution in [0.15, 0.2) is 23.8 Å². The first-order valence-electron chi connectivity index (χ1n) is 8.75. The second-order valence-corrected chi connectivity index (χ2v) is 7.66. The lowest BCUT2D eigenvalue weighted by Gasteiger charge is -2.27. The zero-order valence-electron chi connectivity index (χ0n) is 14.5. The zero-order chi connectivity index (χ0) is 16.4. The van der Waals surface area contributed by atoms with Crippen LogP contribution in [-0.4, -0.2) is 33.8 Å². The Hall–Kier alpha value is -1.15. The Morgan fingerprint density at radius 2 is 2.12 bits per heavy atom. The molecule has 2 aromatic rings. The first kappa shape index (κ1) is 21.2. The zero-order valence-corrected chi connectivity index (χ0v) is 17.0. The van der Waals surface area contributed by atoms with Gasteiger partial charge in [0.05, 0.1) is 11.6 Å². The third kappa shape index (κ3) is 4.22. The maximum absolute atomic E-state index is 12.8. The highest BCUT2D eigenvalue weighted by molar-refractivity contribution is 7.09. The van der Waals surface area contributed by atoms with Gasteiger partial charge in [0, 0.05) is 24.3 Å². The molecule has 1 saturated carbocycles. The number of amides is 1. The van der Waals surface area contributed by atoms with Crippen LogP contribution >= 0.6 is 36.2 Å². The number of nitrogens with zero attached hydrogens (tertiary/aromatic N) is 3. The molecule has 0 bridgehead atoms. The van der Waals surface area contributed by atoms with Crippen LogP contribution < -0.4 is 10.6 Å². The topological polar surface area (TPSA) is 71.8 Å². The molecule has 6 nitrogen and oxygen atoms in total. The van der Waals surface area contributed by atoms with E-state index in [0.717, 1.165) is 56.6 Å². The van der Waals surface area contributed by atoms with Gasteiger partial charge in [-0.1, -0.05) is 12.8 Å². The molecule has 1 saturated heterocycles. The SMILES string of the molecule is Cl.Cl.O=C(NC1(c2nccs2)CCCC1)c1ccn(C2CCCNC2)n1. The standard InChI is InChI=1S/C17H23N5OS.2ClH/c23-15(14-5-10-22(21-14)13-4-3-8-18-12-13)20-17(6-1-2-7-17)16-19-9-11-24-16;;/h5,9-11,13,18H,1-4,6-8,12H2,(H,20,23);2*1H. The van der Waals surface area contributed by atoms with Crippen LogP contribution in [0.5, 0.6) is 0 Å². The summed E-state index contributed by atoms with van der Waals surface area (Å²) in [6, 6.07) is 2.17. The fourth-order valence-electron chi connectivity index (χ4n) is 3.83. The first-order chi connectivity index (χ1) is 11.8. The second-order valence-electron chi connectivity index (χ2n) is 6.76. The van der Waals surface area contributed by atoms with Crippen LogP contribution in [0.2, 0.25) is 0 Å². The third-order valence-corrected chi connectivity index (χ3v) is 6.11. The molecule has 1 atom stereocenters. The van der Waals surface area contributed by atoms with Crippen molar-refractivity contribution < 1.29 is 4.79 Å². The number of aromatic nitrogens is 3. The maximum atomic E-state index is 12.8. The number of hydrogen-bond donors (Lipinski definition) is 2. The van der Waals surface area contributed by atoms with Gasteiger partial charge in [0.2, 0.25) is 0 Å². The van der Waals surface area contributed by atoms with Crippen LogP contribution in [-0.2, 0) is 5.54 Å². The largest absolute Gasteiger partial charge is 0.339 e. The molecular formula is C17H25Cl2N5OS. The van der Waals surface area contributed by atoms with E-state index in [1.165, 1.54) is 0 Å². The van der Waals surface area contributed by atoms with Crippen LogP contribution in [0.3, 0.4) is 0 Å². The molecule has 2 aliphatic rings. The smallest absolute Gasteiger partial charge is 0.272 e. The van der Waals surface area contributed by atoms with E-state index in [1.54, 1.807) is 11.3 Å². The minimum atomic E-state index is -0.304. The van der Waals surface area contributed by atoms with Crippen molar-refractivity contribution in [3.63, 3.8) is 0 Å². The first-order valence-corrected chi connectivity index (χ1v) is 9.63. The fourth-order valence-corrected chi connectivity index (χ4v) is 4.69. The number of hydrogen-bond acceptors (Lipinski definition) is 5. The van der Waals surface area contributed by atoms with Crippen molar-refractivity contribution in [2.45, 2.75) is 50.1 Å². The van der Waals surface area contributed by atoms with Gasteiger partial charge in [-0.15, -0.1) is 36.2 Å². The fraction of sp³-hybridized carbons (Fsp3) is 0.588. The Labute approximate surface area is 170 Å². The number of thiazole rings is 1. The van der Waals surface area contributed by atoms with Gasteiger partial charge in [-0.2, -0.15) is 5.10 Å². The van der Waals surface area contributed by atoms with Crippen LogP contribution in [0.25, 0.3) is 0 Å². The summed E-state index contributed by atoms with van der Waals surface area (Å²) in [5, 5.41) is 14.2. The molecule has 3 heterocycles. The quantitative estimate of drug-likeness (QED) is 0.799. The van der Waals surface area contributed by atoms with Crippen LogP contribution in [0.4, 0.5) is 0 Å². The molecule has 0 radical (unpaired) electrons. The van der Waals surface area contributed by atoms with E-state index >= 15 is 0 Å². The van der Waals surface area contributed by atoms with Gasteiger partial charge >= 0.3 is 0 Å². The van der Waals surface area contributed by atoms with Gasteiger partial charge in [-0.3, -0.25) is 9.48 Å². The third-order valence-electron chi connectivity index (χ3n) is 5.14. The van der Waals surface area contributed by atoms with Gasteiger partial charge in [-0.25, -0.2) is 4.98 Å². The van der Waals surface area contributed by atoms with Crippen LogP contribution in [0.1, 0.15) is 60.1 Å². The number of piperidine rings is 1. The van der Waals surface area contributed by atoms with Crippen molar-refractivity contribution in [3.8, 4) is 0 Å². The van der Waals surface area contributed by atoms with Crippen molar-refractivity contribution in [1.29, 1.82) is 0 Å². The number of carbonyl (C=O) groups is 1. The average Bonchev–Trinajstić information content (AvgIpc) is 3.36. The lowest BCUT2D eigenvalue weighted by atomic mass is 9.98. The van der Waals surface area contributed by atoms with Gasteiger partial charge in [0.1, 0.15) is 10.7 Å². The molecule has 9 heteroatoms. The highest BCUT2D eigenvalue weighted by Crippen LogP contribution is 2.39. The molecule has 4 rings (SSSR count). The van der Waals surface area contributed by atoms with E-state index in [4.69, 9.17) is 0 Å². The van der Waals surface area contributed by atoms with Gasteiger partial charge in [0.25, 0.3) is 5.91 Å². The molecule has 1 aliphatic carbocycles. The van der Waals surface area contributed by atoms with E-state index in [1.807, 2.05) is 28.5 Å². The minimum Gasteiger partial charge on any atom is -0.339 e. The van der Waals surface area contributed by atoms with Gasteiger partial charge < -0.3 is 10.6 Å². The minimum absolute atomic E-state index is 0. The van der Waals surface area contributed by atoms with Crippen molar-refractivity contribution in [1.82, 2.24) is 25.4 Å². The average molecular weight is 418 g/mol. The van der Waals surface area contributed by atoms with Crippen molar-refractivity contribution in [2.75, 3.05) is 13.1 Å². The highest BCUT2D eigenvalue weighted by atomic mass is 35.5. The summed E-state index contributed by atoms with van der Waals surface area (Å²) in [5.74, 6) is -0.0883. The lowest BCUT2D eigenvalue weighted by molar-refractivity contribution is 0.0891. The number of carbonyl (C=O) groups excluding carboxylic acids is 1. The maximum Gasteiger partial charge on any atom is 0.272 e. The molecular weight excluding hydrogens is 393 g/mol. The summed E-state index contributed by atoms with van der Waals surface area (Å²) in [6.07, 6.45) is 10.2. The summed E-state index contributed by atoms with van der Waals surface area (Å²) in [4.78, 5) is 17.2. The van der Waals surface area contributed by atoms with E-state index in [-0.39, 0.29) is 36.3 Å². The number of halogens is 2. The van der Waals surface area contributed by atoms with E-state index in [0.29, 0.717) is 11.7 Å². The molecule has 2 aromatic heterocycles. The van der Waals surface area contributed by atoms with Crippen LogP contribution in [0, 0.1) is 0 Å². The van der Waals surface area contributed by atoms with E-state index < -0.39 is 0 Å². The Kier molecular flexibility index (Phi) is 7.46. The Morgan fingerprint density at radius 1 is 1.31 bits per heavy atom. The molecule has 1 amide bonds. The van der Waals surface area contributed by atoms with Gasteiger partial charge in [-0.05, 0) is 38.3 Å². The van der Waals surface area contributed by atoms with Gasteiger partial charge in [0.15, 0.2) is 0 Å². The molecule has 26 heavy (non-hydrogen) atoms. The summed E-state index contributed by atoms with van der Waals surface area (Å²) in [6.45, 7) is 1.99. The molecule has 1 unspecified atom stereocenters. The van der Waals surface area contributed by atoms with Crippen molar-refractivity contribution in [2.24, 2.45) is 0 Å². The van der Waals surface area contributed by atoms with Crippen molar-refractivity contribution >= 4 is 42.1 Å². The summed E-state index contributed by atoms with van der Waals surface area (Å²) >= 11 is 1.62. The Balaban J connectivity index is 0.00000121. The predicted molar refractivity (Wildman–Crippen MR) is 108 cm³/mol. The molecule has 144 valence electrons. The predicted octanol–water partition coefficient (Wildman–Crippen LogP) is 3.31. The number of rotatable bonds is 4. The summed E-state index contributed by atoms with van der Waals surface area (Å²) in [5.41, 5.74) is 0.199. The monoisotopic (exact) mass is 417 g/mol.